The quantitative estimate of drug-likeness (QED) is 0.815. The number of nitrogens with one attached hydrogen (secondary N) is 1. The van der Waals surface area contributed by atoms with Crippen molar-refractivity contribution in [1.29, 1.82) is 0 Å². The molecule has 0 aromatic heterocycles. The summed E-state index contributed by atoms with van der Waals surface area (Å²) < 4.78 is 26.8. The van der Waals surface area contributed by atoms with Crippen LogP contribution in [0.25, 0.3) is 0 Å². The highest BCUT2D eigenvalue weighted by Gasteiger charge is 2.39. The minimum atomic E-state index is -3.61. The summed E-state index contributed by atoms with van der Waals surface area (Å²) in [5, 5.41) is 2.84. The molecule has 122 valence electrons. The molecule has 0 radical (unpaired) electrons. The zero-order valence-corrected chi connectivity index (χ0v) is 14.0. The van der Waals surface area contributed by atoms with Crippen molar-refractivity contribution >= 4 is 15.9 Å². The van der Waals surface area contributed by atoms with Gasteiger partial charge in [0.1, 0.15) is 6.04 Å². The number of rotatable bonds is 6. The fourth-order valence-electron chi connectivity index (χ4n) is 2.64. The summed E-state index contributed by atoms with van der Waals surface area (Å²) in [6.07, 6.45) is 3.21. The average molecular weight is 324 g/mol. The molecule has 5 nitrogen and oxygen atoms in total. The molecule has 0 unspecified atom stereocenters. The molecule has 1 fully saturated rings. The van der Waals surface area contributed by atoms with Gasteiger partial charge in [-0.25, -0.2) is 8.42 Å². The third kappa shape index (κ3) is 3.67. The van der Waals surface area contributed by atoms with E-state index in [2.05, 4.69) is 12.2 Å². The minimum Gasteiger partial charge on any atom is -0.355 e. The van der Waals surface area contributed by atoms with E-state index in [9.17, 15) is 13.2 Å². The Labute approximate surface area is 132 Å². The number of amides is 1. The predicted molar refractivity (Wildman–Crippen MR) is 86.0 cm³/mol. The molecule has 1 aromatic carbocycles. The first kappa shape index (κ1) is 17.0. The summed E-state index contributed by atoms with van der Waals surface area (Å²) >= 11 is 0. The number of sulfonamides is 1. The number of hydrogen-bond acceptors (Lipinski definition) is 3. The largest absolute Gasteiger partial charge is 0.355 e. The third-order valence-corrected chi connectivity index (χ3v) is 5.89. The van der Waals surface area contributed by atoms with E-state index in [0.29, 0.717) is 19.5 Å². The van der Waals surface area contributed by atoms with Crippen molar-refractivity contribution in [2.45, 2.75) is 50.5 Å². The van der Waals surface area contributed by atoms with Crippen LogP contribution in [0.4, 0.5) is 0 Å². The second-order valence-corrected chi connectivity index (χ2v) is 7.62. The van der Waals surface area contributed by atoms with Gasteiger partial charge in [0.05, 0.1) is 4.90 Å². The number of benzene rings is 1. The highest BCUT2D eigenvalue weighted by Crippen LogP contribution is 2.26. The average Bonchev–Trinajstić information content (AvgIpc) is 2.98. The first-order valence-electron chi connectivity index (χ1n) is 7.83. The molecule has 1 amide bonds. The van der Waals surface area contributed by atoms with Crippen LogP contribution >= 0.6 is 0 Å². The van der Waals surface area contributed by atoms with Crippen molar-refractivity contribution in [3.05, 3.63) is 29.8 Å². The molecule has 6 heteroatoms. The Bertz CT molecular complexity index is 611. The van der Waals surface area contributed by atoms with Crippen LogP contribution in [0, 0.1) is 6.92 Å². The second kappa shape index (κ2) is 7.24. The fourth-order valence-corrected chi connectivity index (χ4v) is 4.30. The smallest absolute Gasteiger partial charge is 0.243 e. The molecule has 22 heavy (non-hydrogen) atoms. The van der Waals surface area contributed by atoms with Crippen LogP contribution in [0.3, 0.4) is 0 Å². The maximum Gasteiger partial charge on any atom is 0.243 e. The van der Waals surface area contributed by atoms with E-state index >= 15 is 0 Å². The minimum absolute atomic E-state index is 0.179. The molecule has 1 atom stereocenters. The normalized spacial score (nSPS) is 19.3. The molecular weight excluding hydrogens is 300 g/mol. The van der Waals surface area contributed by atoms with E-state index in [1.165, 1.54) is 4.31 Å². The molecular formula is C16H24N2O3S. The zero-order valence-electron chi connectivity index (χ0n) is 13.2. The number of hydrogen-bond donors (Lipinski definition) is 1. The van der Waals surface area contributed by atoms with Crippen LogP contribution in [0.2, 0.25) is 0 Å². The van der Waals surface area contributed by atoms with Gasteiger partial charge in [0.2, 0.25) is 15.9 Å². The maximum absolute atomic E-state index is 12.7. The molecule has 1 aliphatic rings. The fraction of sp³-hybridized carbons (Fsp3) is 0.562. The Morgan fingerprint density at radius 2 is 2.00 bits per heavy atom. The predicted octanol–water partition coefficient (Wildman–Crippen LogP) is 2.06. The number of aryl methyl sites for hydroxylation is 1. The van der Waals surface area contributed by atoms with Crippen LogP contribution in [0.5, 0.6) is 0 Å². The van der Waals surface area contributed by atoms with Gasteiger partial charge in [-0.1, -0.05) is 31.0 Å². The van der Waals surface area contributed by atoms with Crippen molar-refractivity contribution in [3.63, 3.8) is 0 Å². The van der Waals surface area contributed by atoms with Gasteiger partial charge in [0.15, 0.2) is 0 Å². The summed E-state index contributed by atoms with van der Waals surface area (Å²) in [7, 11) is -3.61. The van der Waals surface area contributed by atoms with Crippen LogP contribution in [-0.4, -0.2) is 37.8 Å². The van der Waals surface area contributed by atoms with Gasteiger partial charge in [0.25, 0.3) is 0 Å². The molecule has 0 saturated carbocycles. The van der Waals surface area contributed by atoms with Crippen molar-refractivity contribution in [1.82, 2.24) is 9.62 Å². The molecule has 0 aliphatic carbocycles. The van der Waals surface area contributed by atoms with Gasteiger partial charge in [-0.05, 0) is 38.3 Å². The first-order chi connectivity index (χ1) is 10.5. The molecule has 1 N–H and O–H groups in total. The molecule has 0 spiro atoms. The lowest BCUT2D eigenvalue weighted by molar-refractivity contribution is -0.124. The van der Waals surface area contributed by atoms with E-state index in [1.54, 1.807) is 24.3 Å². The van der Waals surface area contributed by atoms with E-state index < -0.39 is 16.1 Å². The van der Waals surface area contributed by atoms with Crippen LogP contribution in [0.1, 0.15) is 38.2 Å². The SMILES string of the molecule is CCCCNC(=O)[C@@H]1CCCN1S(=O)(=O)c1ccc(C)cc1. The first-order valence-corrected chi connectivity index (χ1v) is 9.27. The zero-order chi connectivity index (χ0) is 16.2. The van der Waals surface area contributed by atoms with Gasteiger partial charge in [-0.15, -0.1) is 0 Å². The van der Waals surface area contributed by atoms with Crippen LogP contribution in [0.15, 0.2) is 29.2 Å². The summed E-state index contributed by atoms with van der Waals surface area (Å²) in [4.78, 5) is 12.5. The molecule has 1 heterocycles. The topological polar surface area (TPSA) is 66.5 Å². The molecule has 1 aliphatic heterocycles. The standard InChI is InChI=1S/C16H24N2O3S/c1-3-4-11-17-16(19)15-6-5-12-18(15)22(20,21)14-9-7-13(2)8-10-14/h7-10,15H,3-6,11-12H2,1-2H3,(H,17,19)/t15-/m0/s1. The Hall–Kier alpha value is -1.40. The van der Waals surface area contributed by atoms with E-state index in [1.807, 2.05) is 6.92 Å². The molecule has 1 saturated heterocycles. The number of nitrogens with zero attached hydrogens (tertiary/aromatic N) is 1. The Morgan fingerprint density at radius 3 is 2.64 bits per heavy atom. The van der Waals surface area contributed by atoms with Gasteiger partial charge in [-0.2, -0.15) is 4.31 Å². The highest BCUT2D eigenvalue weighted by atomic mass is 32.2. The Balaban J connectivity index is 2.15. The summed E-state index contributed by atoms with van der Waals surface area (Å²) in [6, 6.07) is 6.19. The number of unbranched alkanes of at least 4 members (excludes halogenated alkanes) is 1. The van der Waals surface area contributed by atoms with Crippen molar-refractivity contribution < 1.29 is 13.2 Å². The molecule has 2 rings (SSSR count). The monoisotopic (exact) mass is 324 g/mol. The van der Waals surface area contributed by atoms with Gasteiger partial charge >= 0.3 is 0 Å². The van der Waals surface area contributed by atoms with Crippen molar-refractivity contribution in [3.8, 4) is 0 Å². The summed E-state index contributed by atoms with van der Waals surface area (Å²) in [5.41, 5.74) is 1.01. The molecule has 0 bridgehead atoms. The second-order valence-electron chi connectivity index (χ2n) is 5.73. The lowest BCUT2D eigenvalue weighted by Gasteiger charge is -2.23. The van der Waals surface area contributed by atoms with Crippen LogP contribution in [-0.2, 0) is 14.8 Å². The summed E-state index contributed by atoms with van der Waals surface area (Å²) in [6.45, 7) is 4.97. The van der Waals surface area contributed by atoms with Gasteiger partial charge < -0.3 is 5.32 Å². The Morgan fingerprint density at radius 1 is 1.32 bits per heavy atom. The number of carbonyl (C=O) groups excluding carboxylic acids is 1. The van der Waals surface area contributed by atoms with E-state index in [4.69, 9.17) is 0 Å². The lowest BCUT2D eigenvalue weighted by Crippen LogP contribution is -2.46. The lowest BCUT2D eigenvalue weighted by atomic mass is 10.2. The third-order valence-electron chi connectivity index (χ3n) is 3.96. The summed E-state index contributed by atoms with van der Waals surface area (Å²) in [5.74, 6) is -0.179. The van der Waals surface area contributed by atoms with Crippen molar-refractivity contribution in [2.24, 2.45) is 0 Å². The van der Waals surface area contributed by atoms with Crippen molar-refractivity contribution in [2.75, 3.05) is 13.1 Å². The maximum atomic E-state index is 12.7. The van der Waals surface area contributed by atoms with E-state index in [0.717, 1.165) is 24.8 Å². The molecule has 1 aromatic rings. The Kier molecular flexibility index (Phi) is 5.58. The van der Waals surface area contributed by atoms with E-state index in [-0.39, 0.29) is 10.8 Å². The highest BCUT2D eigenvalue weighted by molar-refractivity contribution is 7.89. The van der Waals surface area contributed by atoms with Gasteiger partial charge in [0, 0.05) is 13.1 Å². The van der Waals surface area contributed by atoms with Gasteiger partial charge in [-0.3, -0.25) is 4.79 Å². The van der Waals surface area contributed by atoms with Crippen LogP contribution < -0.4 is 5.32 Å². The number of carbonyl (C=O) groups is 1.